The minimum Gasteiger partial charge on any atom is -0.382 e. The summed E-state index contributed by atoms with van der Waals surface area (Å²) in [5.74, 6) is -2.61. The minimum absolute atomic E-state index is 0.0201. The maximum absolute atomic E-state index is 16.1. The van der Waals surface area contributed by atoms with Gasteiger partial charge in [-0.2, -0.15) is 9.37 Å². The van der Waals surface area contributed by atoms with Gasteiger partial charge in [0.15, 0.2) is 56.4 Å². The van der Waals surface area contributed by atoms with Crippen molar-refractivity contribution in [1.29, 1.82) is 0 Å². The lowest BCUT2D eigenvalue weighted by Crippen LogP contribution is -2.64. The number of aromatic nitrogens is 8. The van der Waals surface area contributed by atoms with Gasteiger partial charge in [0.05, 0.1) is 6.33 Å². The van der Waals surface area contributed by atoms with Crippen LogP contribution in [0.5, 0.6) is 0 Å². The largest absolute Gasteiger partial charge is 0.697 e. The van der Waals surface area contributed by atoms with E-state index in [1.165, 1.54) is 17.2 Å². The van der Waals surface area contributed by atoms with Crippen LogP contribution in [-0.2, 0) is 38.1 Å². The van der Waals surface area contributed by atoms with E-state index in [1.54, 1.807) is 0 Å². The van der Waals surface area contributed by atoms with E-state index in [0.717, 1.165) is 10.9 Å². The third-order valence-electron chi connectivity index (χ3n) is 6.37. The molecule has 3 aliphatic heterocycles. The van der Waals surface area contributed by atoms with Crippen molar-refractivity contribution in [2.24, 2.45) is 0 Å². The number of anilines is 2. The number of nitrogen functional groups attached to an aromatic ring is 2. The summed E-state index contributed by atoms with van der Waals surface area (Å²) in [5, 5.41) is 0. The van der Waals surface area contributed by atoms with Gasteiger partial charge in [-0.05, 0) is 0 Å². The fourth-order valence-electron chi connectivity index (χ4n) is 4.60. The van der Waals surface area contributed by atoms with Crippen LogP contribution in [0.2, 0.25) is 0 Å². The maximum Gasteiger partial charge on any atom is 0.697 e. The van der Waals surface area contributed by atoms with Crippen molar-refractivity contribution in [2.45, 2.75) is 43.2 Å². The zero-order valence-corrected chi connectivity index (χ0v) is 21.3. The van der Waals surface area contributed by atoms with Crippen molar-refractivity contribution < 1.29 is 36.5 Å². The molecule has 4 aromatic rings. The molecule has 3 aliphatic rings. The van der Waals surface area contributed by atoms with Crippen molar-refractivity contribution in [3.63, 3.8) is 0 Å². The van der Waals surface area contributed by atoms with Gasteiger partial charge in [0.25, 0.3) is 5.56 Å². The molecule has 4 aromatic heterocycles. The molecule has 3 saturated heterocycles. The Morgan fingerprint density at radius 1 is 1.13 bits per heavy atom. The van der Waals surface area contributed by atoms with Gasteiger partial charge in [-0.1, -0.05) is 0 Å². The second-order valence-electron chi connectivity index (χ2n) is 8.68. The predicted molar refractivity (Wildman–Crippen MR) is 127 cm³/mol. The van der Waals surface area contributed by atoms with E-state index >= 15 is 4.39 Å². The third kappa shape index (κ3) is 3.97. The number of aromatic amines is 1. The SMILES string of the molecule is Nc1nc2c(ncn2C2O[C@H]3C[C@@H]2O[P+](=O)OCC2OC(F)(n4cnc5c(N)ncnc54)C2OPO3)c(=O)[nH]1. The molecular weight excluding hydrogens is 565 g/mol. The molecule has 0 aliphatic carbocycles. The lowest BCUT2D eigenvalue weighted by atomic mass is 10.1. The van der Waals surface area contributed by atoms with Crippen LogP contribution in [0, 0.1) is 0 Å². The van der Waals surface area contributed by atoms with Crippen LogP contribution in [-0.4, -0.2) is 70.2 Å². The van der Waals surface area contributed by atoms with E-state index in [9.17, 15) is 9.36 Å². The van der Waals surface area contributed by atoms with Gasteiger partial charge < -0.3 is 30.0 Å². The Kier molecular flexibility index (Phi) is 5.80. The molecule has 7 rings (SSSR count). The fraction of sp³-hybridized carbons (Fsp3) is 0.444. The summed E-state index contributed by atoms with van der Waals surface area (Å²) in [4.78, 5) is 34.7. The number of hydrogen-bond acceptors (Lipinski definition) is 15. The van der Waals surface area contributed by atoms with Crippen LogP contribution in [0.15, 0.2) is 23.8 Å². The summed E-state index contributed by atoms with van der Waals surface area (Å²) >= 11 is 0. The molecule has 39 heavy (non-hydrogen) atoms. The first-order valence-electron chi connectivity index (χ1n) is 11.3. The highest BCUT2D eigenvalue weighted by atomic mass is 31.1. The second kappa shape index (κ2) is 9.14. The first-order valence-corrected chi connectivity index (χ1v) is 13.2. The Morgan fingerprint density at radius 2 is 1.97 bits per heavy atom. The molecule has 0 radical (unpaired) electrons. The number of halogens is 1. The molecule has 7 heterocycles. The van der Waals surface area contributed by atoms with Crippen molar-refractivity contribution >= 4 is 51.4 Å². The molecule has 5 N–H and O–H groups in total. The molecule has 18 nitrogen and oxygen atoms in total. The molecule has 8 atom stereocenters. The number of nitrogens with two attached hydrogens (primary N) is 2. The number of fused-ring (bicyclic) bond motifs is 5. The summed E-state index contributed by atoms with van der Waals surface area (Å²) in [6.07, 6.45) is -1.24. The van der Waals surface area contributed by atoms with Crippen molar-refractivity contribution in [3.8, 4) is 0 Å². The van der Waals surface area contributed by atoms with Crippen LogP contribution in [0.3, 0.4) is 0 Å². The van der Waals surface area contributed by atoms with Gasteiger partial charge in [0.1, 0.15) is 30.9 Å². The Hall–Kier alpha value is -3.28. The van der Waals surface area contributed by atoms with Gasteiger partial charge in [-0.25, -0.2) is 19.9 Å². The molecule has 2 bridgehead atoms. The molecule has 0 saturated carbocycles. The summed E-state index contributed by atoms with van der Waals surface area (Å²) in [6.45, 7) is -0.330. The molecular formula is C18H18FN10O8P2+. The van der Waals surface area contributed by atoms with Crippen molar-refractivity contribution in [1.82, 2.24) is 39.0 Å². The summed E-state index contributed by atoms with van der Waals surface area (Å²) < 4.78 is 65.1. The molecule has 0 spiro atoms. The summed E-state index contributed by atoms with van der Waals surface area (Å²) in [6, 6.07) is 0. The zero-order chi connectivity index (χ0) is 26.9. The van der Waals surface area contributed by atoms with Crippen LogP contribution >= 0.6 is 17.3 Å². The number of ether oxygens (including phenoxy) is 2. The standard InChI is InChI=1S/C18H17FN10O8P2/c19-18(29-5-25-9-12(20)22-3-23-13(9)29)11-7(34-18)2-32-39(31)37-6-1-8(35-38-36-11)33-16(6)28-4-24-10-14(28)26-17(21)27-15(10)30/h3-8,11,16,38H,1-2H2,(H4-,20,21,22,23,26,27,30)/p+1/t6-,7?,8+,11?,16?,18?/m0/s1. The number of nitrogens with one attached hydrogen (secondary N) is 1. The number of nitrogens with zero attached hydrogens (tertiary/aromatic N) is 7. The highest BCUT2D eigenvalue weighted by molar-refractivity contribution is 7.33. The Labute approximate surface area is 218 Å². The van der Waals surface area contributed by atoms with Gasteiger partial charge in [0.2, 0.25) is 5.95 Å². The van der Waals surface area contributed by atoms with E-state index in [-0.39, 0.29) is 47.1 Å². The zero-order valence-electron chi connectivity index (χ0n) is 19.4. The Morgan fingerprint density at radius 3 is 2.85 bits per heavy atom. The number of H-pyrrole nitrogens is 1. The Balaban J connectivity index is 1.15. The van der Waals surface area contributed by atoms with E-state index in [4.69, 9.17) is 39.0 Å². The lowest BCUT2D eigenvalue weighted by Gasteiger charge is -2.47. The molecule has 6 unspecified atom stereocenters. The van der Waals surface area contributed by atoms with Crippen LogP contribution in [0.25, 0.3) is 22.3 Å². The molecule has 0 aromatic carbocycles. The quantitative estimate of drug-likeness (QED) is 0.270. The number of imidazole rings is 2. The monoisotopic (exact) mass is 583 g/mol. The number of rotatable bonds is 2. The average molecular weight is 583 g/mol. The van der Waals surface area contributed by atoms with E-state index in [0.29, 0.717) is 0 Å². The molecule has 204 valence electrons. The average Bonchev–Trinajstić information content (AvgIpc) is 3.61. The maximum atomic E-state index is 16.1. The van der Waals surface area contributed by atoms with Crippen LogP contribution < -0.4 is 17.0 Å². The third-order valence-corrected chi connectivity index (χ3v) is 7.89. The fourth-order valence-corrected chi connectivity index (χ4v) is 6.05. The van der Waals surface area contributed by atoms with Gasteiger partial charge >= 0.3 is 14.2 Å². The van der Waals surface area contributed by atoms with Crippen molar-refractivity contribution in [3.05, 3.63) is 29.3 Å². The first kappa shape index (κ1) is 24.7. The van der Waals surface area contributed by atoms with Gasteiger partial charge in [-0.3, -0.25) is 18.9 Å². The first-order chi connectivity index (χ1) is 18.8. The van der Waals surface area contributed by atoms with Gasteiger partial charge in [0, 0.05) is 11.0 Å². The lowest BCUT2D eigenvalue weighted by molar-refractivity contribution is -0.390. The van der Waals surface area contributed by atoms with E-state index in [1.807, 2.05) is 0 Å². The van der Waals surface area contributed by atoms with E-state index in [2.05, 4.69) is 29.9 Å². The van der Waals surface area contributed by atoms with Crippen molar-refractivity contribution in [2.75, 3.05) is 18.1 Å². The smallest absolute Gasteiger partial charge is 0.382 e. The number of hydrogen-bond donors (Lipinski definition) is 3. The topological polar surface area (TPSA) is 232 Å². The normalized spacial score (nSPS) is 33.1. The molecule has 0 amide bonds. The highest BCUT2D eigenvalue weighted by Gasteiger charge is 2.62. The molecule has 3 fully saturated rings. The second-order valence-corrected chi connectivity index (χ2v) is 10.2. The van der Waals surface area contributed by atoms with Gasteiger partial charge in [-0.15, -0.1) is 9.05 Å². The minimum atomic E-state index is -2.73. The summed E-state index contributed by atoms with van der Waals surface area (Å²) in [5.41, 5.74) is 11.4. The highest BCUT2D eigenvalue weighted by Crippen LogP contribution is 2.49. The van der Waals surface area contributed by atoms with E-state index < -0.39 is 59.7 Å². The van der Waals surface area contributed by atoms with Crippen LogP contribution in [0.4, 0.5) is 16.2 Å². The van der Waals surface area contributed by atoms with Crippen LogP contribution in [0.1, 0.15) is 12.6 Å². The number of alkyl halides is 1. The Bertz CT molecular complexity index is 1670. The predicted octanol–water partition coefficient (Wildman–Crippen LogP) is 0.331. The summed E-state index contributed by atoms with van der Waals surface area (Å²) in [7, 11) is -3.43. The molecule has 21 heteroatoms.